The molecule has 2 aliphatic rings. The van der Waals surface area contributed by atoms with Gasteiger partial charge in [0.15, 0.2) is 0 Å². The molecule has 2 aliphatic carbocycles. The maximum Gasteiger partial charge on any atom is 2.00 e. The van der Waals surface area contributed by atoms with Crippen molar-refractivity contribution >= 4 is 24.8 Å². The SMILES string of the molecule is C1CCCC1.C[NH+](C)C1CCCC1C=S.F[B-](F)(F)F.[CH3-].[CH3-].[Fe+2]. The molecule has 8 heteroatoms. The Balaban J connectivity index is -0.000000121. The third-order valence-electron chi connectivity index (χ3n) is 3.74. The van der Waals surface area contributed by atoms with Crippen LogP contribution in [0, 0.1) is 20.8 Å². The van der Waals surface area contributed by atoms with Crippen molar-refractivity contribution in [2.75, 3.05) is 14.1 Å². The molecule has 0 radical (unpaired) electrons. The molecule has 2 saturated carbocycles. The Kier molecular flexibility index (Phi) is 23.3. The molecule has 0 spiro atoms. The molecule has 2 atom stereocenters. The summed E-state index contributed by atoms with van der Waals surface area (Å²) < 4.78 is 39.0. The van der Waals surface area contributed by atoms with Crippen molar-refractivity contribution in [2.45, 2.75) is 57.4 Å². The fraction of sp³-hybridized carbons (Fsp3) is 0.800. The quantitative estimate of drug-likeness (QED) is 0.310. The van der Waals surface area contributed by atoms with Crippen LogP contribution in [-0.2, 0) is 17.1 Å². The van der Waals surface area contributed by atoms with Crippen LogP contribution in [0.4, 0.5) is 17.3 Å². The molecule has 0 aliphatic heterocycles. The van der Waals surface area contributed by atoms with Gasteiger partial charge in [0.1, 0.15) is 0 Å². The Morgan fingerprint density at radius 1 is 0.870 bits per heavy atom. The number of hydrogen-bond donors (Lipinski definition) is 1. The summed E-state index contributed by atoms with van der Waals surface area (Å²) in [5, 5.41) is 1.96. The molecule has 2 fully saturated rings. The molecule has 23 heavy (non-hydrogen) atoms. The summed E-state index contributed by atoms with van der Waals surface area (Å²) in [5.74, 6) is 0.708. The normalized spacial score (nSPS) is 22.2. The number of nitrogens with one attached hydrogen (secondary N) is 1. The van der Waals surface area contributed by atoms with Gasteiger partial charge in [0.2, 0.25) is 0 Å². The molecule has 0 aromatic rings. The number of halogens is 4. The van der Waals surface area contributed by atoms with E-state index in [1.807, 2.05) is 5.37 Å². The molecule has 0 aromatic carbocycles. The molecule has 1 N–H and O–H groups in total. The molecule has 0 saturated heterocycles. The number of thiocarbonyl (C=S) groups is 1. The zero-order chi connectivity index (χ0) is 15.6. The van der Waals surface area contributed by atoms with Crippen molar-refractivity contribution in [3.63, 3.8) is 0 Å². The predicted molar refractivity (Wildman–Crippen MR) is 93.7 cm³/mol. The van der Waals surface area contributed by atoms with E-state index in [0.717, 1.165) is 6.04 Å². The van der Waals surface area contributed by atoms with E-state index in [-0.39, 0.29) is 31.9 Å². The van der Waals surface area contributed by atoms with Crippen LogP contribution < -0.4 is 4.90 Å². The molecular formula is C15H32BF4FeNS. The average Bonchev–Trinajstić information content (AvgIpc) is 3.01. The van der Waals surface area contributed by atoms with E-state index in [9.17, 15) is 17.3 Å². The van der Waals surface area contributed by atoms with Crippen molar-refractivity contribution < 1.29 is 39.2 Å². The topological polar surface area (TPSA) is 4.44 Å². The summed E-state index contributed by atoms with van der Waals surface area (Å²) >= 11 is 4.97. The summed E-state index contributed by atoms with van der Waals surface area (Å²) in [4.78, 5) is 1.56. The van der Waals surface area contributed by atoms with E-state index in [4.69, 9.17) is 12.2 Å². The first-order valence-electron chi connectivity index (χ1n) is 7.38. The Bertz CT molecular complexity index is 251. The van der Waals surface area contributed by atoms with Gasteiger partial charge in [-0.1, -0.05) is 44.3 Å². The van der Waals surface area contributed by atoms with Crippen LogP contribution in [0.15, 0.2) is 0 Å². The van der Waals surface area contributed by atoms with Crippen molar-refractivity contribution in [1.29, 1.82) is 0 Å². The van der Waals surface area contributed by atoms with E-state index in [0.29, 0.717) is 5.92 Å². The van der Waals surface area contributed by atoms with Crippen molar-refractivity contribution in [3.05, 3.63) is 14.9 Å². The first-order valence-corrected chi connectivity index (χ1v) is 7.85. The van der Waals surface area contributed by atoms with Gasteiger partial charge in [0.25, 0.3) is 0 Å². The van der Waals surface area contributed by atoms with Crippen LogP contribution in [0.5, 0.6) is 0 Å². The van der Waals surface area contributed by atoms with Gasteiger partial charge in [-0.15, -0.1) is 0 Å². The summed E-state index contributed by atoms with van der Waals surface area (Å²) in [6.45, 7) is 0. The maximum absolute atomic E-state index is 9.75. The van der Waals surface area contributed by atoms with Crippen LogP contribution in [0.3, 0.4) is 0 Å². The third kappa shape index (κ3) is 20.3. The molecule has 0 amide bonds. The van der Waals surface area contributed by atoms with Gasteiger partial charge >= 0.3 is 24.3 Å². The van der Waals surface area contributed by atoms with Gasteiger partial charge in [-0.3, -0.25) is 0 Å². The van der Waals surface area contributed by atoms with Crippen LogP contribution in [0.1, 0.15) is 51.4 Å². The molecular weight excluding hydrogens is 369 g/mol. The largest absolute Gasteiger partial charge is 2.00 e. The van der Waals surface area contributed by atoms with Crippen LogP contribution in [0.2, 0.25) is 0 Å². The number of hydrogen-bond acceptors (Lipinski definition) is 1. The molecule has 2 unspecified atom stereocenters. The van der Waals surface area contributed by atoms with E-state index in [1.165, 1.54) is 51.4 Å². The third-order valence-corrected chi connectivity index (χ3v) is 4.09. The standard InChI is InChI=1S/C8H15NS.C5H10.2CH3.BF4.Fe/c1-9(2)8-5-3-4-7(8)6-10;1-2-4-5-3-1;;;2-1(3,4)5;/h6-8H,3-5H2,1-2H3;1-5H2;2*1H3;;/q;;3*-1;+2/p+1. The Morgan fingerprint density at radius 3 is 1.43 bits per heavy atom. The number of rotatable bonds is 2. The maximum atomic E-state index is 9.75. The first-order chi connectivity index (χ1) is 9.25. The average molecular weight is 401 g/mol. The summed E-state index contributed by atoms with van der Waals surface area (Å²) in [6, 6.07) is 0.803. The van der Waals surface area contributed by atoms with Crippen LogP contribution in [0.25, 0.3) is 0 Å². The fourth-order valence-electron chi connectivity index (χ4n) is 2.75. The van der Waals surface area contributed by atoms with Crippen LogP contribution in [-0.4, -0.2) is 32.8 Å². The Hall–Kier alpha value is 0.354. The molecule has 1 nitrogen and oxygen atoms in total. The van der Waals surface area contributed by atoms with E-state index < -0.39 is 7.25 Å². The zero-order valence-electron chi connectivity index (χ0n) is 14.7. The van der Waals surface area contributed by atoms with Gasteiger partial charge < -0.3 is 37.0 Å². The minimum atomic E-state index is -6.00. The van der Waals surface area contributed by atoms with Gasteiger partial charge in [-0.2, -0.15) is 0 Å². The van der Waals surface area contributed by atoms with E-state index in [1.54, 1.807) is 4.90 Å². The van der Waals surface area contributed by atoms with Gasteiger partial charge in [-0.25, -0.2) is 0 Å². The van der Waals surface area contributed by atoms with Gasteiger partial charge in [-0.05, 0) is 18.2 Å². The second kappa shape index (κ2) is 17.2. The van der Waals surface area contributed by atoms with Gasteiger partial charge in [0.05, 0.1) is 20.1 Å². The van der Waals surface area contributed by atoms with Gasteiger partial charge in [0, 0.05) is 12.3 Å². The minimum Gasteiger partial charge on any atom is -0.418 e. The Morgan fingerprint density at radius 2 is 1.22 bits per heavy atom. The van der Waals surface area contributed by atoms with Crippen LogP contribution >= 0.6 is 12.2 Å². The molecule has 2 rings (SSSR count). The fourth-order valence-corrected chi connectivity index (χ4v) is 3.08. The van der Waals surface area contributed by atoms with E-state index >= 15 is 0 Å². The smallest absolute Gasteiger partial charge is 0.418 e. The number of quaternary nitrogens is 1. The monoisotopic (exact) mass is 401 g/mol. The Labute approximate surface area is 156 Å². The summed E-state index contributed by atoms with van der Waals surface area (Å²) in [6.07, 6.45) is 11.5. The van der Waals surface area contributed by atoms with Crippen molar-refractivity contribution in [1.82, 2.24) is 0 Å². The second-order valence-electron chi connectivity index (χ2n) is 5.68. The van der Waals surface area contributed by atoms with E-state index in [2.05, 4.69) is 14.1 Å². The van der Waals surface area contributed by atoms with Crippen molar-refractivity contribution in [2.24, 2.45) is 5.92 Å². The zero-order valence-corrected chi connectivity index (χ0v) is 16.7. The molecule has 0 bridgehead atoms. The summed E-state index contributed by atoms with van der Waals surface area (Å²) in [7, 11) is -1.55. The minimum absolute atomic E-state index is 0. The first kappa shape index (κ1) is 31.2. The molecule has 0 heterocycles. The predicted octanol–water partition coefficient (Wildman–Crippen LogP) is 4.45. The summed E-state index contributed by atoms with van der Waals surface area (Å²) in [5.41, 5.74) is 0. The molecule has 0 aromatic heterocycles. The second-order valence-corrected chi connectivity index (χ2v) is 5.95. The van der Waals surface area contributed by atoms with Crippen molar-refractivity contribution in [3.8, 4) is 0 Å². The molecule has 142 valence electrons.